The van der Waals surface area contributed by atoms with E-state index < -0.39 is 24.3 Å². The number of aromatic amines is 2. The highest BCUT2D eigenvalue weighted by Crippen LogP contribution is 2.47. The molecule has 2 aromatic heterocycles. The van der Waals surface area contributed by atoms with Gasteiger partial charge in [0.15, 0.2) is 0 Å². The Bertz CT molecular complexity index is 2510. The van der Waals surface area contributed by atoms with Crippen LogP contribution in [0.15, 0.2) is 53.7 Å². The predicted octanol–water partition coefficient (Wildman–Crippen LogP) is 6.90. The first kappa shape index (κ1) is 45.0. The molecule has 0 unspecified atom stereocenters. The highest BCUT2D eigenvalue weighted by molar-refractivity contribution is 5.93. The molecule has 4 saturated heterocycles. The molecule has 6 atom stereocenters. The van der Waals surface area contributed by atoms with Gasteiger partial charge in [-0.1, -0.05) is 39.8 Å². The highest BCUT2D eigenvalue weighted by atomic mass is 16.5. The maximum absolute atomic E-state index is 13.9. The molecular weight excluding hydrogens is 841 g/mol. The molecule has 0 saturated carbocycles. The number of ether oxygens (including phenoxy) is 1. The molecule has 0 spiro atoms. The van der Waals surface area contributed by atoms with Crippen molar-refractivity contribution in [2.75, 3.05) is 40.0 Å². The number of aromatic nitrogens is 4. The number of alkyl carbamates (subject to hydrolysis) is 1. The van der Waals surface area contributed by atoms with Crippen LogP contribution in [-0.4, -0.2) is 132 Å². The number of carboxylic acid groups (broad SMARTS) is 1. The summed E-state index contributed by atoms with van der Waals surface area (Å²) >= 11 is 0. The van der Waals surface area contributed by atoms with Crippen LogP contribution in [0, 0.1) is 11.8 Å². The number of nitrogens with zero attached hydrogens (tertiary/aromatic N) is 8. The Morgan fingerprint density at radius 1 is 0.697 bits per heavy atom. The van der Waals surface area contributed by atoms with Crippen molar-refractivity contribution in [3.63, 3.8) is 0 Å². The number of hydrogen-bond acceptors (Lipinski definition) is 11. The number of hydrogen-bond donors (Lipinski definition) is 5. The van der Waals surface area contributed by atoms with E-state index in [0.29, 0.717) is 25.6 Å². The first-order chi connectivity index (χ1) is 31.9. The van der Waals surface area contributed by atoms with Crippen molar-refractivity contribution in [1.29, 1.82) is 0 Å². The van der Waals surface area contributed by atoms with Crippen LogP contribution < -0.4 is 10.6 Å². The van der Waals surface area contributed by atoms with Crippen LogP contribution in [0.2, 0.25) is 0 Å². The molecule has 9 rings (SSSR count). The number of carbonyl (C=O) groups excluding carboxylic acids is 3. The summed E-state index contributed by atoms with van der Waals surface area (Å²) in [6.07, 6.45) is 11.0. The number of amidine groups is 1. The predicted molar refractivity (Wildman–Crippen MR) is 249 cm³/mol. The van der Waals surface area contributed by atoms with Crippen molar-refractivity contribution < 1.29 is 29.0 Å². The number of hydrazine groups is 1. The van der Waals surface area contributed by atoms with E-state index in [1.54, 1.807) is 4.90 Å². The minimum Gasteiger partial charge on any atom is -0.465 e. The SMILES string of the molecule is COC(=O)N[C@H](C(=O)N1CCC[C@H]1c1nc2ccc([C@@H]3CC[C@@H](c4ccc5nc([C@@H]6CCCN6C(=O)[C@@H](NC(=O)O)C(C)C)[nH]c5c4)N3N3C=CC(N4CCCCC4)=NC3)cc2[nH]1)C(C)C. The van der Waals surface area contributed by atoms with Crippen LogP contribution in [0.3, 0.4) is 0 Å². The Hall–Kier alpha value is -6.17. The lowest BCUT2D eigenvalue weighted by atomic mass is 10.0. The minimum atomic E-state index is -1.21. The molecule has 4 fully saturated rings. The second-order valence-corrected chi connectivity index (χ2v) is 19.2. The number of amides is 4. The number of nitrogens with one attached hydrogen (secondary N) is 4. The summed E-state index contributed by atoms with van der Waals surface area (Å²) in [6, 6.07) is 10.8. The number of H-pyrrole nitrogens is 2. The van der Waals surface area contributed by atoms with Gasteiger partial charge in [0.2, 0.25) is 11.8 Å². The van der Waals surface area contributed by atoms with Gasteiger partial charge >= 0.3 is 12.2 Å². The summed E-state index contributed by atoms with van der Waals surface area (Å²) in [7, 11) is 1.30. The molecule has 0 radical (unpaired) electrons. The van der Waals surface area contributed by atoms with E-state index in [9.17, 15) is 24.3 Å². The molecule has 5 aliphatic rings. The molecule has 5 aliphatic heterocycles. The number of imidazole rings is 2. The Labute approximate surface area is 385 Å². The molecule has 2 aromatic carbocycles. The van der Waals surface area contributed by atoms with Gasteiger partial charge in [-0.05, 0) is 111 Å². The Morgan fingerprint density at radius 2 is 1.23 bits per heavy atom. The van der Waals surface area contributed by atoms with Crippen LogP contribution in [0.25, 0.3) is 22.1 Å². The van der Waals surface area contributed by atoms with Gasteiger partial charge in [-0.3, -0.25) is 14.6 Å². The maximum Gasteiger partial charge on any atom is 0.407 e. The van der Waals surface area contributed by atoms with Gasteiger partial charge in [0.1, 0.15) is 36.2 Å². The van der Waals surface area contributed by atoms with E-state index in [0.717, 1.165) is 96.5 Å². The van der Waals surface area contributed by atoms with E-state index in [-0.39, 0.29) is 47.8 Å². The standard InChI is InChI=1S/C48H64N12O6/c1-28(2)41(54-47(63)64)45(61)58-22-9-11-38(58)43-50-32-15-13-30(25-34(32)52-43)36-17-18-37(60(36)57-24-19-40(49-27-57)56-20-7-6-8-21-56)31-14-16-33-35(26-31)53-44(51-33)39-12-10-23-59(39)46(62)42(29(3)4)55-48(65)66-5/h13-16,19,24-26,28-29,36-39,41-42,54H,6-12,17-18,20-23,27H2,1-5H3,(H,50,52)(H,51,53)(H,55,65)(H,63,64)/t36-,37-,38-,39-,41-,42-/m0/s1. The van der Waals surface area contributed by atoms with Gasteiger partial charge in [-0.15, -0.1) is 0 Å². The largest absolute Gasteiger partial charge is 0.465 e. The summed E-state index contributed by atoms with van der Waals surface area (Å²) < 4.78 is 4.83. The van der Waals surface area contributed by atoms with Gasteiger partial charge in [-0.25, -0.2) is 29.6 Å². The molecule has 5 N–H and O–H groups in total. The summed E-state index contributed by atoms with van der Waals surface area (Å²) in [5, 5.41) is 19.4. The summed E-state index contributed by atoms with van der Waals surface area (Å²) in [4.78, 5) is 79.8. The molecule has 352 valence electrons. The molecule has 0 bridgehead atoms. The monoisotopic (exact) mass is 905 g/mol. The number of piperidine rings is 1. The van der Waals surface area contributed by atoms with E-state index >= 15 is 0 Å². The molecule has 0 aliphatic carbocycles. The Balaban J connectivity index is 0.996. The van der Waals surface area contributed by atoms with Crippen molar-refractivity contribution in [1.82, 2.24) is 55.3 Å². The van der Waals surface area contributed by atoms with Crippen molar-refractivity contribution >= 4 is 51.9 Å². The van der Waals surface area contributed by atoms with Crippen LogP contribution >= 0.6 is 0 Å². The number of carbonyl (C=O) groups is 4. The van der Waals surface area contributed by atoms with Crippen LogP contribution in [0.4, 0.5) is 9.59 Å². The number of rotatable bonds is 11. The van der Waals surface area contributed by atoms with Crippen LogP contribution in [-0.2, 0) is 14.3 Å². The third-order valence-electron chi connectivity index (χ3n) is 14.2. The van der Waals surface area contributed by atoms with E-state index in [1.807, 2.05) is 32.6 Å². The van der Waals surface area contributed by atoms with Crippen molar-refractivity contribution in [3.05, 3.63) is 71.4 Å². The van der Waals surface area contributed by atoms with Crippen molar-refractivity contribution in [2.45, 2.75) is 122 Å². The van der Waals surface area contributed by atoms with E-state index in [4.69, 9.17) is 19.7 Å². The fraction of sp³-hybridized carbons (Fsp3) is 0.562. The first-order valence-electron chi connectivity index (χ1n) is 23.8. The normalized spacial score (nSPS) is 23.6. The zero-order valence-electron chi connectivity index (χ0n) is 38.7. The summed E-state index contributed by atoms with van der Waals surface area (Å²) in [5.41, 5.74) is 5.73. The lowest BCUT2D eigenvalue weighted by molar-refractivity contribution is -0.136. The zero-order valence-corrected chi connectivity index (χ0v) is 38.7. The molecule has 7 heterocycles. The quantitative estimate of drug-likeness (QED) is 0.105. The van der Waals surface area contributed by atoms with E-state index in [1.165, 1.54) is 26.4 Å². The molecule has 66 heavy (non-hydrogen) atoms. The van der Waals surface area contributed by atoms with Gasteiger partial charge in [-0.2, -0.15) is 0 Å². The van der Waals surface area contributed by atoms with Gasteiger partial charge in [0, 0.05) is 32.4 Å². The van der Waals surface area contributed by atoms with Gasteiger partial charge in [0.25, 0.3) is 0 Å². The number of methoxy groups -OCH3 is 1. The number of aliphatic imine (C=N–C) groups is 1. The fourth-order valence-electron chi connectivity index (χ4n) is 10.8. The second-order valence-electron chi connectivity index (χ2n) is 19.2. The van der Waals surface area contributed by atoms with Crippen LogP contribution in [0.5, 0.6) is 0 Å². The highest BCUT2D eigenvalue weighted by Gasteiger charge is 2.42. The average molecular weight is 905 g/mol. The first-order valence-corrected chi connectivity index (χ1v) is 23.8. The average Bonchev–Trinajstić information content (AvgIpc) is 4.18. The van der Waals surface area contributed by atoms with Crippen molar-refractivity contribution in [3.8, 4) is 0 Å². The van der Waals surface area contributed by atoms with Gasteiger partial charge < -0.3 is 45.1 Å². The molecular formula is C48H64N12O6. The maximum atomic E-state index is 13.9. The van der Waals surface area contributed by atoms with E-state index in [2.05, 4.69) is 84.2 Å². The fourth-order valence-corrected chi connectivity index (χ4v) is 10.8. The number of likely N-dealkylation sites (tertiary alicyclic amines) is 3. The smallest absolute Gasteiger partial charge is 0.407 e. The van der Waals surface area contributed by atoms with Crippen molar-refractivity contribution in [2.24, 2.45) is 16.8 Å². The summed E-state index contributed by atoms with van der Waals surface area (Å²) in [5.74, 6) is 1.78. The Kier molecular flexibility index (Phi) is 12.9. The van der Waals surface area contributed by atoms with Gasteiger partial charge in [0.05, 0.1) is 53.3 Å². The lowest BCUT2D eigenvalue weighted by Crippen LogP contribution is -2.51. The molecule has 18 heteroatoms. The second kappa shape index (κ2) is 19.0. The molecule has 4 amide bonds. The topological polar surface area (TPSA) is 208 Å². The number of benzene rings is 2. The van der Waals surface area contributed by atoms with Crippen LogP contribution in [0.1, 0.15) is 132 Å². The minimum absolute atomic E-state index is 0.0135. The summed E-state index contributed by atoms with van der Waals surface area (Å²) in [6.45, 7) is 11.2. The Morgan fingerprint density at radius 3 is 1.70 bits per heavy atom. The molecule has 4 aromatic rings. The zero-order chi connectivity index (χ0) is 46.2. The number of fused-ring (bicyclic) bond motifs is 2. The molecule has 18 nitrogen and oxygen atoms in total. The third kappa shape index (κ3) is 8.90. The third-order valence-corrected chi connectivity index (χ3v) is 14.2. The lowest BCUT2D eigenvalue weighted by Gasteiger charge is -2.41.